The minimum absolute atomic E-state index is 0.187. The highest BCUT2D eigenvalue weighted by Gasteiger charge is 2.10. The van der Waals surface area contributed by atoms with Gasteiger partial charge in [-0.3, -0.25) is 4.79 Å². The summed E-state index contributed by atoms with van der Waals surface area (Å²) in [6.07, 6.45) is 0. The largest absolute Gasteiger partial charge is 0.493 e. The summed E-state index contributed by atoms with van der Waals surface area (Å²) >= 11 is 0. The van der Waals surface area contributed by atoms with Gasteiger partial charge in [0, 0.05) is 0 Å². The number of hydrogen-bond acceptors (Lipinski definition) is 2. The van der Waals surface area contributed by atoms with Crippen LogP contribution in [-0.2, 0) is 0 Å². The smallest absolute Gasteiger partial charge is 0.163 e. The van der Waals surface area contributed by atoms with E-state index in [1.54, 1.807) is 0 Å². The molecule has 15 heavy (non-hydrogen) atoms. The summed E-state index contributed by atoms with van der Waals surface area (Å²) in [6, 6.07) is 3.99. The number of benzene rings is 1. The highest BCUT2D eigenvalue weighted by atomic mass is 19.1. The van der Waals surface area contributed by atoms with Gasteiger partial charge in [-0.15, -0.1) is 0 Å². The van der Waals surface area contributed by atoms with Crippen molar-refractivity contribution in [1.29, 1.82) is 0 Å². The first-order valence-electron chi connectivity index (χ1n) is 4.94. The maximum atomic E-state index is 12.9. The van der Waals surface area contributed by atoms with Crippen molar-refractivity contribution in [3.63, 3.8) is 0 Å². The average Bonchev–Trinajstić information content (AvgIpc) is 2.15. The predicted octanol–water partition coefficient (Wildman–Crippen LogP) is 3.06. The molecule has 0 aliphatic heterocycles. The van der Waals surface area contributed by atoms with E-state index in [-0.39, 0.29) is 5.78 Å². The van der Waals surface area contributed by atoms with E-state index in [9.17, 15) is 9.18 Å². The molecule has 0 saturated heterocycles. The molecule has 3 heteroatoms. The van der Waals surface area contributed by atoms with Crippen molar-refractivity contribution >= 4 is 5.78 Å². The van der Waals surface area contributed by atoms with Crippen LogP contribution < -0.4 is 4.74 Å². The highest BCUT2D eigenvalue weighted by Crippen LogP contribution is 2.20. The molecule has 0 unspecified atom stereocenters. The summed E-state index contributed by atoms with van der Waals surface area (Å²) in [7, 11) is 0. The number of rotatable bonds is 4. The van der Waals surface area contributed by atoms with E-state index in [0.29, 0.717) is 23.8 Å². The van der Waals surface area contributed by atoms with Crippen LogP contribution in [0, 0.1) is 11.7 Å². The minimum Gasteiger partial charge on any atom is -0.493 e. The Bertz CT molecular complexity index is 359. The Morgan fingerprint density at radius 2 is 2.13 bits per heavy atom. The molecule has 0 aromatic heterocycles. The first-order valence-corrected chi connectivity index (χ1v) is 4.94. The van der Waals surface area contributed by atoms with E-state index >= 15 is 0 Å². The first kappa shape index (κ1) is 11.7. The molecular weight excluding hydrogens is 195 g/mol. The maximum absolute atomic E-state index is 12.9. The van der Waals surface area contributed by atoms with Gasteiger partial charge in [-0.25, -0.2) is 4.39 Å². The fourth-order valence-corrected chi connectivity index (χ4v) is 1.16. The zero-order valence-electron chi connectivity index (χ0n) is 9.21. The van der Waals surface area contributed by atoms with Crippen molar-refractivity contribution in [2.75, 3.05) is 6.61 Å². The molecule has 0 amide bonds. The van der Waals surface area contributed by atoms with Crippen LogP contribution in [0.25, 0.3) is 0 Å². The normalized spacial score (nSPS) is 10.5. The van der Waals surface area contributed by atoms with Crippen LogP contribution in [0.5, 0.6) is 5.75 Å². The Morgan fingerprint density at radius 3 is 2.67 bits per heavy atom. The Morgan fingerprint density at radius 1 is 1.47 bits per heavy atom. The number of ether oxygens (including phenoxy) is 1. The van der Waals surface area contributed by atoms with Gasteiger partial charge in [0.15, 0.2) is 5.78 Å². The molecule has 0 fully saturated rings. The maximum Gasteiger partial charge on any atom is 0.163 e. The van der Waals surface area contributed by atoms with Gasteiger partial charge >= 0.3 is 0 Å². The zero-order valence-corrected chi connectivity index (χ0v) is 9.21. The molecule has 82 valence electrons. The van der Waals surface area contributed by atoms with E-state index in [2.05, 4.69) is 0 Å². The van der Waals surface area contributed by atoms with Crippen molar-refractivity contribution in [3.05, 3.63) is 29.6 Å². The quantitative estimate of drug-likeness (QED) is 0.714. The summed E-state index contributed by atoms with van der Waals surface area (Å²) in [5, 5.41) is 0. The van der Waals surface area contributed by atoms with Crippen LogP contribution in [0.1, 0.15) is 31.1 Å². The second kappa shape index (κ2) is 4.91. The topological polar surface area (TPSA) is 26.3 Å². The predicted molar refractivity (Wildman–Crippen MR) is 56.7 cm³/mol. The SMILES string of the molecule is CC(=O)c1cc(F)ccc1OCC(C)C. The lowest BCUT2D eigenvalue weighted by molar-refractivity contribution is 0.101. The van der Waals surface area contributed by atoms with Gasteiger partial charge in [0.05, 0.1) is 12.2 Å². The van der Waals surface area contributed by atoms with E-state index < -0.39 is 5.82 Å². The first-order chi connectivity index (χ1) is 7.00. The summed E-state index contributed by atoms with van der Waals surface area (Å²) in [5.41, 5.74) is 0.302. The molecule has 0 radical (unpaired) electrons. The Kier molecular flexibility index (Phi) is 3.83. The van der Waals surface area contributed by atoms with Crippen molar-refractivity contribution in [2.45, 2.75) is 20.8 Å². The van der Waals surface area contributed by atoms with E-state index in [1.165, 1.54) is 25.1 Å². The molecule has 0 saturated carbocycles. The fourth-order valence-electron chi connectivity index (χ4n) is 1.16. The molecule has 0 N–H and O–H groups in total. The van der Waals surface area contributed by atoms with Gasteiger partial charge in [0.2, 0.25) is 0 Å². The number of Topliss-reactive ketones (excluding diaryl/α,β-unsaturated/α-hetero) is 1. The molecule has 1 rings (SSSR count). The Hall–Kier alpha value is -1.38. The second-order valence-corrected chi connectivity index (χ2v) is 3.90. The lowest BCUT2D eigenvalue weighted by atomic mass is 10.1. The van der Waals surface area contributed by atoms with Crippen molar-refractivity contribution in [1.82, 2.24) is 0 Å². The number of ketones is 1. The van der Waals surface area contributed by atoms with E-state index in [1.807, 2.05) is 13.8 Å². The molecule has 1 aromatic carbocycles. The van der Waals surface area contributed by atoms with Crippen molar-refractivity contribution in [3.8, 4) is 5.75 Å². The van der Waals surface area contributed by atoms with Crippen LogP contribution in [-0.4, -0.2) is 12.4 Å². The molecular formula is C12H15FO2. The van der Waals surface area contributed by atoms with Gasteiger partial charge in [-0.05, 0) is 31.0 Å². The summed E-state index contributed by atoms with van der Waals surface area (Å²) in [5.74, 6) is 0.220. The standard InChI is InChI=1S/C12H15FO2/c1-8(2)7-15-12-5-4-10(13)6-11(12)9(3)14/h4-6,8H,7H2,1-3H3. The summed E-state index contributed by atoms with van der Waals surface area (Å²) in [4.78, 5) is 11.2. The monoisotopic (exact) mass is 210 g/mol. The minimum atomic E-state index is -0.419. The fraction of sp³-hybridized carbons (Fsp3) is 0.417. The van der Waals surface area contributed by atoms with Gasteiger partial charge in [0.25, 0.3) is 0 Å². The molecule has 0 atom stereocenters. The third kappa shape index (κ3) is 3.35. The molecule has 2 nitrogen and oxygen atoms in total. The summed E-state index contributed by atoms with van der Waals surface area (Å²) in [6.45, 7) is 5.94. The lowest BCUT2D eigenvalue weighted by Gasteiger charge is -2.11. The van der Waals surface area contributed by atoms with Crippen LogP contribution in [0.15, 0.2) is 18.2 Å². The van der Waals surface area contributed by atoms with Crippen molar-refractivity contribution in [2.24, 2.45) is 5.92 Å². The zero-order chi connectivity index (χ0) is 11.4. The molecule has 0 aliphatic carbocycles. The van der Waals surface area contributed by atoms with Crippen LogP contribution in [0.2, 0.25) is 0 Å². The molecule has 0 aliphatic rings. The van der Waals surface area contributed by atoms with Gasteiger partial charge in [-0.2, -0.15) is 0 Å². The third-order valence-electron chi connectivity index (χ3n) is 1.89. The third-order valence-corrected chi connectivity index (χ3v) is 1.89. The Balaban J connectivity index is 2.91. The van der Waals surface area contributed by atoms with Gasteiger partial charge < -0.3 is 4.74 Å². The van der Waals surface area contributed by atoms with Crippen molar-refractivity contribution < 1.29 is 13.9 Å². The number of carbonyl (C=O) groups excluding carboxylic acids is 1. The van der Waals surface area contributed by atoms with E-state index in [4.69, 9.17) is 4.74 Å². The molecule has 1 aromatic rings. The van der Waals surface area contributed by atoms with Crippen LogP contribution in [0.4, 0.5) is 4.39 Å². The molecule has 0 bridgehead atoms. The van der Waals surface area contributed by atoms with Crippen LogP contribution >= 0.6 is 0 Å². The number of carbonyl (C=O) groups is 1. The average molecular weight is 210 g/mol. The lowest BCUT2D eigenvalue weighted by Crippen LogP contribution is -2.07. The second-order valence-electron chi connectivity index (χ2n) is 3.90. The number of halogens is 1. The van der Waals surface area contributed by atoms with Crippen LogP contribution in [0.3, 0.4) is 0 Å². The summed E-state index contributed by atoms with van der Waals surface area (Å²) < 4.78 is 18.3. The highest BCUT2D eigenvalue weighted by molar-refractivity contribution is 5.96. The Labute approximate surface area is 89.1 Å². The van der Waals surface area contributed by atoms with Gasteiger partial charge in [-0.1, -0.05) is 13.8 Å². The van der Waals surface area contributed by atoms with E-state index in [0.717, 1.165) is 0 Å². The molecule has 0 heterocycles. The molecule has 0 spiro atoms. The number of hydrogen-bond donors (Lipinski definition) is 0. The van der Waals surface area contributed by atoms with Gasteiger partial charge in [0.1, 0.15) is 11.6 Å².